The molecule has 0 aromatic heterocycles. The van der Waals surface area contributed by atoms with E-state index in [0.717, 1.165) is 11.3 Å². The quantitative estimate of drug-likeness (QED) is 0.790. The minimum Gasteiger partial charge on any atom is -0.464 e. The summed E-state index contributed by atoms with van der Waals surface area (Å²) in [6.45, 7) is 5.95. The SMILES string of the molecule is CCOC(=O)C(C)Nc1cccc(C(C)OC)c1. The first-order chi connectivity index (χ1) is 8.58. The zero-order valence-electron chi connectivity index (χ0n) is 11.4. The van der Waals surface area contributed by atoms with Gasteiger partial charge in [-0.2, -0.15) is 0 Å². The van der Waals surface area contributed by atoms with Gasteiger partial charge in [0.05, 0.1) is 12.7 Å². The van der Waals surface area contributed by atoms with Gasteiger partial charge < -0.3 is 14.8 Å². The molecule has 0 aliphatic heterocycles. The van der Waals surface area contributed by atoms with E-state index in [2.05, 4.69) is 5.32 Å². The Hall–Kier alpha value is -1.55. The second-order valence-corrected chi connectivity index (χ2v) is 4.12. The number of hydrogen-bond donors (Lipinski definition) is 1. The standard InChI is InChI=1S/C14H21NO3/c1-5-18-14(16)10(2)15-13-8-6-7-12(9-13)11(3)17-4/h6-11,15H,5H2,1-4H3. The van der Waals surface area contributed by atoms with Crippen LogP contribution in [0.25, 0.3) is 0 Å². The van der Waals surface area contributed by atoms with Crippen LogP contribution in [0.5, 0.6) is 0 Å². The van der Waals surface area contributed by atoms with Crippen LogP contribution in [0, 0.1) is 0 Å². The first-order valence-corrected chi connectivity index (χ1v) is 6.14. The van der Waals surface area contributed by atoms with Crippen LogP contribution in [-0.4, -0.2) is 25.7 Å². The maximum Gasteiger partial charge on any atom is 0.328 e. The number of carbonyl (C=O) groups is 1. The molecule has 0 saturated carbocycles. The Labute approximate surface area is 108 Å². The van der Waals surface area contributed by atoms with Crippen LogP contribution in [0.2, 0.25) is 0 Å². The molecule has 1 rings (SSSR count). The molecule has 0 aliphatic rings. The van der Waals surface area contributed by atoms with Crippen molar-refractivity contribution in [2.24, 2.45) is 0 Å². The van der Waals surface area contributed by atoms with Crippen molar-refractivity contribution >= 4 is 11.7 Å². The van der Waals surface area contributed by atoms with E-state index in [9.17, 15) is 4.79 Å². The Morgan fingerprint density at radius 1 is 1.39 bits per heavy atom. The predicted molar refractivity (Wildman–Crippen MR) is 71.6 cm³/mol. The molecule has 2 unspecified atom stereocenters. The molecule has 2 atom stereocenters. The summed E-state index contributed by atoms with van der Waals surface area (Å²) >= 11 is 0. The van der Waals surface area contributed by atoms with Crippen molar-refractivity contribution in [1.82, 2.24) is 0 Å². The number of benzene rings is 1. The van der Waals surface area contributed by atoms with E-state index >= 15 is 0 Å². The number of hydrogen-bond acceptors (Lipinski definition) is 4. The van der Waals surface area contributed by atoms with Gasteiger partial charge in [-0.3, -0.25) is 0 Å². The van der Waals surface area contributed by atoms with Gasteiger partial charge in [-0.1, -0.05) is 12.1 Å². The molecule has 1 aromatic rings. The first-order valence-electron chi connectivity index (χ1n) is 6.14. The lowest BCUT2D eigenvalue weighted by atomic mass is 10.1. The zero-order chi connectivity index (χ0) is 13.5. The molecule has 100 valence electrons. The molecule has 0 saturated heterocycles. The molecule has 4 nitrogen and oxygen atoms in total. The lowest BCUT2D eigenvalue weighted by molar-refractivity contribution is -0.143. The van der Waals surface area contributed by atoms with E-state index < -0.39 is 0 Å². The molecule has 1 N–H and O–H groups in total. The summed E-state index contributed by atoms with van der Waals surface area (Å²) in [5.74, 6) is -0.248. The number of carbonyl (C=O) groups excluding carboxylic acids is 1. The van der Waals surface area contributed by atoms with E-state index in [1.807, 2.05) is 31.2 Å². The first kappa shape index (κ1) is 14.5. The van der Waals surface area contributed by atoms with Gasteiger partial charge in [-0.05, 0) is 38.5 Å². The average Bonchev–Trinajstić information content (AvgIpc) is 2.38. The van der Waals surface area contributed by atoms with Crippen molar-refractivity contribution < 1.29 is 14.3 Å². The van der Waals surface area contributed by atoms with Crippen molar-refractivity contribution in [3.05, 3.63) is 29.8 Å². The van der Waals surface area contributed by atoms with Gasteiger partial charge in [0.15, 0.2) is 0 Å². The molecule has 18 heavy (non-hydrogen) atoms. The van der Waals surface area contributed by atoms with Crippen LogP contribution < -0.4 is 5.32 Å². The van der Waals surface area contributed by atoms with Gasteiger partial charge in [0.25, 0.3) is 0 Å². The molecule has 0 radical (unpaired) electrons. The largest absolute Gasteiger partial charge is 0.464 e. The summed E-state index contributed by atoms with van der Waals surface area (Å²) < 4.78 is 10.2. The predicted octanol–water partition coefficient (Wildman–Crippen LogP) is 2.76. The highest BCUT2D eigenvalue weighted by Crippen LogP contribution is 2.20. The van der Waals surface area contributed by atoms with Gasteiger partial charge in [0.1, 0.15) is 6.04 Å². The average molecular weight is 251 g/mol. The lowest BCUT2D eigenvalue weighted by Gasteiger charge is -2.16. The number of nitrogens with one attached hydrogen (secondary N) is 1. The van der Waals surface area contributed by atoms with Crippen LogP contribution in [0.4, 0.5) is 5.69 Å². The molecule has 0 spiro atoms. The highest BCUT2D eigenvalue weighted by atomic mass is 16.5. The fourth-order valence-corrected chi connectivity index (χ4v) is 1.59. The maximum absolute atomic E-state index is 11.5. The summed E-state index contributed by atoms with van der Waals surface area (Å²) in [5, 5.41) is 3.12. The Morgan fingerprint density at radius 3 is 2.72 bits per heavy atom. The van der Waals surface area contributed by atoms with Crippen molar-refractivity contribution in [3.63, 3.8) is 0 Å². The second kappa shape index (κ2) is 7.01. The van der Waals surface area contributed by atoms with Crippen LogP contribution in [0.1, 0.15) is 32.4 Å². The molecular weight excluding hydrogens is 230 g/mol. The molecule has 0 fully saturated rings. The Bertz CT molecular complexity index is 392. The van der Waals surface area contributed by atoms with Gasteiger partial charge >= 0.3 is 5.97 Å². The Kier molecular flexibility index (Phi) is 5.65. The molecule has 4 heteroatoms. The summed E-state index contributed by atoms with van der Waals surface area (Å²) in [6.07, 6.45) is 0.0321. The minimum absolute atomic E-state index is 0.0321. The van der Waals surface area contributed by atoms with Crippen molar-refractivity contribution in [2.45, 2.75) is 32.9 Å². The summed E-state index contributed by atoms with van der Waals surface area (Å²) in [4.78, 5) is 11.5. The smallest absolute Gasteiger partial charge is 0.328 e. The zero-order valence-corrected chi connectivity index (χ0v) is 11.4. The summed E-state index contributed by atoms with van der Waals surface area (Å²) in [7, 11) is 1.67. The highest BCUT2D eigenvalue weighted by molar-refractivity contribution is 5.78. The maximum atomic E-state index is 11.5. The Balaban J connectivity index is 2.70. The number of esters is 1. The number of anilines is 1. The molecule has 0 heterocycles. The molecule has 0 aliphatic carbocycles. The topological polar surface area (TPSA) is 47.6 Å². The summed E-state index contributed by atoms with van der Waals surface area (Å²) in [6, 6.07) is 7.46. The summed E-state index contributed by atoms with van der Waals surface area (Å²) in [5.41, 5.74) is 1.95. The monoisotopic (exact) mass is 251 g/mol. The van der Waals surface area contributed by atoms with Gasteiger partial charge in [-0.25, -0.2) is 4.79 Å². The van der Waals surface area contributed by atoms with E-state index in [4.69, 9.17) is 9.47 Å². The molecular formula is C14H21NO3. The number of methoxy groups -OCH3 is 1. The second-order valence-electron chi connectivity index (χ2n) is 4.12. The third kappa shape index (κ3) is 4.04. The highest BCUT2D eigenvalue weighted by Gasteiger charge is 2.13. The third-order valence-corrected chi connectivity index (χ3v) is 2.73. The Morgan fingerprint density at radius 2 is 2.11 bits per heavy atom. The lowest BCUT2D eigenvalue weighted by Crippen LogP contribution is -2.28. The van der Waals surface area contributed by atoms with Crippen LogP contribution in [0.15, 0.2) is 24.3 Å². The van der Waals surface area contributed by atoms with E-state index in [0.29, 0.717) is 6.61 Å². The molecule has 0 amide bonds. The number of rotatable bonds is 6. The van der Waals surface area contributed by atoms with Crippen LogP contribution in [-0.2, 0) is 14.3 Å². The third-order valence-electron chi connectivity index (χ3n) is 2.73. The van der Waals surface area contributed by atoms with Crippen molar-refractivity contribution in [1.29, 1.82) is 0 Å². The van der Waals surface area contributed by atoms with Crippen LogP contribution in [0.3, 0.4) is 0 Å². The number of ether oxygens (including phenoxy) is 2. The normalized spacial score (nSPS) is 13.8. The van der Waals surface area contributed by atoms with Gasteiger partial charge in [-0.15, -0.1) is 0 Å². The van der Waals surface area contributed by atoms with E-state index in [1.165, 1.54) is 0 Å². The van der Waals surface area contributed by atoms with Crippen molar-refractivity contribution in [3.8, 4) is 0 Å². The van der Waals surface area contributed by atoms with Crippen molar-refractivity contribution in [2.75, 3.05) is 19.0 Å². The molecule has 0 bridgehead atoms. The van der Waals surface area contributed by atoms with E-state index in [1.54, 1.807) is 21.0 Å². The van der Waals surface area contributed by atoms with Crippen LogP contribution >= 0.6 is 0 Å². The fraction of sp³-hybridized carbons (Fsp3) is 0.500. The van der Waals surface area contributed by atoms with Gasteiger partial charge in [0.2, 0.25) is 0 Å². The van der Waals surface area contributed by atoms with E-state index in [-0.39, 0.29) is 18.1 Å². The van der Waals surface area contributed by atoms with Gasteiger partial charge in [0, 0.05) is 12.8 Å². The fourth-order valence-electron chi connectivity index (χ4n) is 1.59. The molecule has 1 aromatic carbocycles. The minimum atomic E-state index is -0.363.